The highest BCUT2D eigenvalue weighted by atomic mass is 16.5. The van der Waals surface area contributed by atoms with Gasteiger partial charge < -0.3 is 9.47 Å². The van der Waals surface area contributed by atoms with Crippen molar-refractivity contribution in [2.45, 2.75) is 19.9 Å². The summed E-state index contributed by atoms with van der Waals surface area (Å²) in [6.07, 6.45) is 3.97. The Morgan fingerprint density at radius 1 is 0.786 bits per heavy atom. The lowest BCUT2D eigenvalue weighted by atomic mass is 9.93. The third-order valence-electron chi connectivity index (χ3n) is 4.97. The second-order valence-electron chi connectivity index (χ2n) is 7.21. The van der Waals surface area contributed by atoms with Gasteiger partial charge in [-0.25, -0.2) is 0 Å². The van der Waals surface area contributed by atoms with E-state index >= 15 is 0 Å². The van der Waals surface area contributed by atoms with Crippen LogP contribution >= 0.6 is 0 Å². The molecule has 28 heavy (non-hydrogen) atoms. The first kappa shape index (κ1) is 19.9. The lowest BCUT2D eigenvalue weighted by Gasteiger charge is -2.32. The van der Waals surface area contributed by atoms with Crippen LogP contribution in [0.4, 0.5) is 0 Å². The van der Waals surface area contributed by atoms with Crippen LogP contribution in [0, 0.1) is 0 Å². The summed E-state index contributed by atoms with van der Waals surface area (Å²) < 4.78 is 10.4. The summed E-state index contributed by atoms with van der Waals surface area (Å²) in [5, 5.41) is 0. The number of carbonyl (C=O) groups excluding carboxylic acids is 1. The van der Waals surface area contributed by atoms with Crippen molar-refractivity contribution in [2.24, 2.45) is 0 Å². The van der Waals surface area contributed by atoms with Crippen LogP contribution in [0.1, 0.15) is 25.0 Å². The molecule has 0 radical (unpaired) electrons. The minimum atomic E-state index is 0.114. The predicted molar refractivity (Wildman–Crippen MR) is 114 cm³/mol. The molecular formula is C24H27NO3. The van der Waals surface area contributed by atoms with Crippen molar-refractivity contribution < 1.29 is 14.3 Å². The molecule has 0 aromatic heterocycles. The fraction of sp³-hybridized carbons (Fsp3) is 0.292. The molecule has 4 heteroatoms. The van der Waals surface area contributed by atoms with Crippen LogP contribution in [-0.2, 0) is 4.79 Å². The minimum Gasteiger partial charge on any atom is -0.497 e. The lowest BCUT2D eigenvalue weighted by molar-refractivity contribution is -0.113. The van der Waals surface area contributed by atoms with E-state index in [-0.39, 0.29) is 5.78 Å². The standard InChI is InChI=1S/C24H27NO3/c1-17(2)25-15-20(13-18-5-9-22(27-3)10-6-18)24(26)21(16-25)14-19-7-11-23(28-4)12-8-19/h5-14,17H,15-16H2,1-4H3. The van der Waals surface area contributed by atoms with Crippen molar-refractivity contribution in [3.05, 3.63) is 70.8 Å². The number of ether oxygens (including phenoxy) is 2. The molecule has 0 N–H and O–H groups in total. The highest BCUT2D eigenvalue weighted by Crippen LogP contribution is 2.24. The van der Waals surface area contributed by atoms with Gasteiger partial charge in [-0.2, -0.15) is 0 Å². The smallest absolute Gasteiger partial charge is 0.187 e. The van der Waals surface area contributed by atoms with E-state index in [2.05, 4.69) is 18.7 Å². The average molecular weight is 377 g/mol. The van der Waals surface area contributed by atoms with Crippen molar-refractivity contribution in [2.75, 3.05) is 27.3 Å². The van der Waals surface area contributed by atoms with E-state index in [4.69, 9.17) is 9.47 Å². The Balaban J connectivity index is 1.92. The first-order valence-electron chi connectivity index (χ1n) is 9.48. The molecule has 0 amide bonds. The topological polar surface area (TPSA) is 38.8 Å². The molecule has 2 aromatic rings. The zero-order valence-corrected chi connectivity index (χ0v) is 16.9. The molecule has 0 unspecified atom stereocenters. The van der Waals surface area contributed by atoms with Gasteiger partial charge in [-0.15, -0.1) is 0 Å². The maximum atomic E-state index is 13.1. The molecule has 3 rings (SSSR count). The van der Waals surface area contributed by atoms with Gasteiger partial charge in [0.05, 0.1) is 14.2 Å². The van der Waals surface area contributed by atoms with E-state index in [9.17, 15) is 4.79 Å². The summed E-state index contributed by atoms with van der Waals surface area (Å²) in [6, 6.07) is 15.9. The van der Waals surface area contributed by atoms with Gasteiger partial charge >= 0.3 is 0 Å². The second kappa shape index (κ2) is 8.89. The number of carbonyl (C=O) groups is 1. The summed E-state index contributed by atoms with van der Waals surface area (Å²) >= 11 is 0. The fourth-order valence-electron chi connectivity index (χ4n) is 3.23. The number of hydrogen-bond acceptors (Lipinski definition) is 4. The van der Waals surface area contributed by atoms with Gasteiger partial charge in [-0.3, -0.25) is 9.69 Å². The zero-order valence-electron chi connectivity index (χ0n) is 16.9. The maximum Gasteiger partial charge on any atom is 0.187 e. The Labute approximate surface area is 167 Å². The van der Waals surface area contributed by atoms with Crippen molar-refractivity contribution in [3.63, 3.8) is 0 Å². The van der Waals surface area contributed by atoms with E-state index in [1.54, 1.807) is 14.2 Å². The summed E-state index contributed by atoms with van der Waals surface area (Å²) in [5.41, 5.74) is 3.62. The number of ketones is 1. The third-order valence-corrected chi connectivity index (χ3v) is 4.97. The van der Waals surface area contributed by atoms with Gasteiger partial charge in [-0.05, 0) is 61.4 Å². The molecule has 0 aliphatic carbocycles. The van der Waals surface area contributed by atoms with Crippen LogP contribution in [0.5, 0.6) is 11.5 Å². The van der Waals surface area contributed by atoms with Crippen LogP contribution in [0.3, 0.4) is 0 Å². The first-order valence-corrected chi connectivity index (χ1v) is 9.48. The van der Waals surface area contributed by atoms with Gasteiger partial charge in [0.1, 0.15) is 11.5 Å². The largest absolute Gasteiger partial charge is 0.497 e. The number of benzene rings is 2. The Bertz CT molecular complexity index is 808. The maximum absolute atomic E-state index is 13.1. The second-order valence-corrected chi connectivity index (χ2v) is 7.21. The molecule has 1 aliphatic rings. The van der Waals surface area contributed by atoms with Crippen LogP contribution in [-0.4, -0.2) is 44.0 Å². The van der Waals surface area contributed by atoms with Gasteiger partial charge in [-0.1, -0.05) is 24.3 Å². The SMILES string of the molecule is COc1ccc(C=C2CN(C(C)C)CC(=Cc3ccc(OC)cc3)C2=O)cc1. The number of Topliss-reactive ketones (excluding diaryl/α,β-unsaturated/α-hetero) is 1. The molecule has 0 saturated carbocycles. The first-order chi connectivity index (χ1) is 13.5. The Morgan fingerprint density at radius 2 is 1.18 bits per heavy atom. The summed E-state index contributed by atoms with van der Waals surface area (Å²) in [5.74, 6) is 1.73. The molecule has 4 nitrogen and oxygen atoms in total. The molecule has 2 aromatic carbocycles. The molecule has 1 saturated heterocycles. The summed E-state index contributed by atoms with van der Waals surface area (Å²) in [4.78, 5) is 15.4. The van der Waals surface area contributed by atoms with Crippen molar-refractivity contribution in [1.82, 2.24) is 4.90 Å². The van der Waals surface area contributed by atoms with Crippen LogP contribution < -0.4 is 9.47 Å². The van der Waals surface area contributed by atoms with Gasteiger partial charge in [0.15, 0.2) is 5.78 Å². The van der Waals surface area contributed by atoms with Gasteiger partial charge in [0.2, 0.25) is 0 Å². The average Bonchev–Trinajstić information content (AvgIpc) is 2.71. The van der Waals surface area contributed by atoms with Gasteiger partial charge in [0.25, 0.3) is 0 Å². The Morgan fingerprint density at radius 3 is 1.50 bits per heavy atom. The molecule has 1 heterocycles. The van der Waals surface area contributed by atoms with Crippen molar-refractivity contribution >= 4 is 17.9 Å². The highest BCUT2D eigenvalue weighted by Gasteiger charge is 2.27. The number of nitrogens with zero attached hydrogens (tertiary/aromatic N) is 1. The molecule has 0 atom stereocenters. The minimum absolute atomic E-state index is 0.114. The van der Waals surface area contributed by atoms with Crippen molar-refractivity contribution in [3.8, 4) is 11.5 Å². The molecule has 0 spiro atoms. The van der Waals surface area contributed by atoms with E-state index in [0.29, 0.717) is 19.1 Å². The monoisotopic (exact) mass is 377 g/mol. The number of likely N-dealkylation sites (tertiary alicyclic amines) is 1. The van der Waals surface area contributed by atoms with Gasteiger partial charge in [0, 0.05) is 30.3 Å². The molecule has 146 valence electrons. The van der Waals surface area contributed by atoms with Crippen LogP contribution in [0.15, 0.2) is 59.7 Å². The fourth-order valence-corrected chi connectivity index (χ4v) is 3.23. The lowest BCUT2D eigenvalue weighted by Crippen LogP contribution is -2.41. The summed E-state index contributed by atoms with van der Waals surface area (Å²) in [7, 11) is 3.30. The number of hydrogen-bond donors (Lipinski definition) is 0. The van der Waals surface area contributed by atoms with E-state index in [1.165, 1.54) is 0 Å². The van der Waals surface area contributed by atoms with E-state index in [1.807, 2.05) is 60.7 Å². The third kappa shape index (κ3) is 4.70. The van der Waals surface area contributed by atoms with Crippen LogP contribution in [0.2, 0.25) is 0 Å². The molecule has 1 fully saturated rings. The highest BCUT2D eigenvalue weighted by molar-refractivity contribution is 6.14. The quantitative estimate of drug-likeness (QED) is 0.721. The Hall–Kier alpha value is -2.85. The van der Waals surface area contributed by atoms with Crippen LogP contribution in [0.25, 0.3) is 12.2 Å². The number of rotatable bonds is 5. The van der Waals surface area contributed by atoms with Crippen molar-refractivity contribution in [1.29, 1.82) is 0 Å². The molecule has 1 aliphatic heterocycles. The predicted octanol–water partition coefficient (Wildman–Crippen LogP) is 4.46. The Kier molecular flexibility index (Phi) is 6.32. The number of piperidine rings is 1. The summed E-state index contributed by atoms with van der Waals surface area (Å²) in [6.45, 7) is 5.63. The zero-order chi connectivity index (χ0) is 20.1. The van der Waals surface area contributed by atoms with E-state index in [0.717, 1.165) is 33.8 Å². The normalized spacial score (nSPS) is 18.1. The van der Waals surface area contributed by atoms with E-state index < -0.39 is 0 Å². The number of methoxy groups -OCH3 is 2. The molecule has 0 bridgehead atoms. The molecular weight excluding hydrogens is 350 g/mol.